The van der Waals surface area contributed by atoms with Gasteiger partial charge < -0.3 is 9.64 Å². The van der Waals surface area contributed by atoms with Crippen molar-refractivity contribution < 1.29 is 4.74 Å². The summed E-state index contributed by atoms with van der Waals surface area (Å²) in [4.78, 5) is 4.79. The molecule has 0 atom stereocenters. The van der Waals surface area contributed by atoms with Gasteiger partial charge in [-0.15, -0.1) is 0 Å². The zero-order valence-electron chi connectivity index (χ0n) is 12.6. The van der Waals surface area contributed by atoms with Crippen LogP contribution in [0.2, 0.25) is 0 Å². The molecular weight excluding hydrogens is 260 g/mol. The molecule has 1 aliphatic carbocycles. The third kappa shape index (κ3) is 3.43. The van der Waals surface area contributed by atoms with Gasteiger partial charge in [0.05, 0.1) is 6.61 Å². The Morgan fingerprint density at radius 2 is 1.67 bits per heavy atom. The second kappa shape index (κ2) is 6.56. The van der Waals surface area contributed by atoms with Crippen molar-refractivity contribution in [1.29, 1.82) is 0 Å². The lowest BCUT2D eigenvalue weighted by atomic mass is 10.0. The molecule has 1 aromatic carbocycles. The zero-order valence-corrected chi connectivity index (χ0v) is 12.6. The minimum absolute atomic E-state index is 0.397. The van der Waals surface area contributed by atoms with Crippen molar-refractivity contribution in [3.05, 3.63) is 66.6 Å². The highest BCUT2D eigenvalue weighted by Gasteiger charge is 2.35. The molecule has 1 aromatic rings. The van der Waals surface area contributed by atoms with Crippen molar-refractivity contribution in [3.8, 4) is 0 Å². The van der Waals surface area contributed by atoms with Crippen molar-refractivity contribution in [2.75, 3.05) is 33.2 Å². The molecular formula is C18H23N2O. The summed E-state index contributed by atoms with van der Waals surface area (Å²) in [5.41, 5.74) is 0.814. The quantitative estimate of drug-likeness (QED) is 0.844. The molecule has 0 unspecified atom stereocenters. The summed E-state index contributed by atoms with van der Waals surface area (Å²) < 4.78 is 6.35. The maximum absolute atomic E-state index is 6.35. The largest absolute Gasteiger partial charge is 0.348 e. The second-order valence-electron chi connectivity index (χ2n) is 5.73. The molecule has 3 rings (SSSR count). The Hall–Kier alpha value is -1.42. The number of nitrogens with zero attached hydrogens (tertiary/aromatic N) is 2. The lowest BCUT2D eigenvalue weighted by Gasteiger charge is -2.44. The van der Waals surface area contributed by atoms with E-state index in [4.69, 9.17) is 4.74 Å². The maximum Gasteiger partial charge on any atom is 0.160 e. The molecule has 1 aliphatic heterocycles. The number of hydrogen-bond acceptors (Lipinski definition) is 3. The number of rotatable bonds is 4. The Bertz CT molecular complexity index is 489. The molecule has 3 heteroatoms. The van der Waals surface area contributed by atoms with Crippen molar-refractivity contribution in [1.82, 2.24) is 9.80 Å². The normalized spacial score (nSPS) is 22.5. The molecule has 0 amide bonds. The fraction of sp³-hybridized carbons (Fsp3) is 0.389. The highest BCUT2D eigenvalue weighted by atomic mass is 16.5. The molecule has 1 fully saturated rings. The topological polar surface area (TPSA) is 15.7 Å². The number of likely N-dealkylation sites (N-methyl/N-ethyl adjacent to an activating group) is 1. The predicted molar refractivity (Wildman–Crippen MR) is 85.6 cm³/mol. The van der Waals surface area contributed by atoms with E-state index in [-0.39, 0.29) is 0 Å². The number of allylic oxidation sites excluding steroid dienone is 2. The first kappa shape index (κ1) is 14.5. The van der Waals surface area contributed by atoms with E-state index in [2.05, 4.69) is 71.8 Å². The van der Waals surface area contributed by atoms with Gasteiger partial charge in [-0.2, -0.15) is 0 Å². The Balaban J connectivity index is 1.73. The summed E-state index contributed by atoms with van der Waals surface area (Å²) in [7, 11) is 2.18. The molecule has 0 bridgehead atoms. The van der Waals surface area contributed by atoms with Gasteiger partial charge in [-0.3, -0.25) is 4.90 Å². The fourth-order valence-electron chi connectivity index (χ4n) is 2.83. The Morgan fingerprint density at radius 3 is 2.33 bits per heavy atom. The van der Waals surface area contributed by atoms with Crippen LogP contribution in [-0.2, 0) is 11.3 Å². The average Bonchev–Trinajstić information content (AvgIpc) is 2.55. The summed E-state index contributed by atoms with van der Waals surface area (Å²) in [5.74, 6) is 0. The van der Waals surface area contributed by atoms with E-state index < -0.39 is 5.72 Å². The van der Waals surface area contributed by atoms with E-state index in [0.717, 1.165) is 26.2 Å². The van der Waals surface area contributed by atoms with E-state index in [9.17, 15) is 0 Å². The standard InChI is InChI=1S/C18H23N2O/c1-19-12-14-20(15-13-19)18(10-6-3-7-11-18)21-16-17-8-4-2-5-9-17/h2-11H,12-16H2,1H3. The van der Waals surface area contributed by atoms with Crippen molar-refractivity contribution in [2.24, 2.45) is 0 Å². The van der Waals surface area contributed by atoms with Crippen LogP contribution in [0.15, 0.2) is 54.6 Å². The molecule has 0 saturated carbocycles. The van der Waals surface area contributed by atoms with E-state index in [1.54, 1.807) is 0 Å². The van der Waals surface area contributed by atoms with Gasteiger partial charge in [0.25, 0.3) is 0 Å². The fourth-order valence-corrected chi connectivity index (χ4v) is 2.83. The first-order valence-electron chi connectivity index (χ1n) is 7.60. The number of ether oxygens (including phenoxy) is 1. The summed E-state index contributed by atoms with van der Waals surface area (Å²) in [6.07, 6.45) is 10.6. The average molecular weight is 283 g/mol. The highest BCUT2D eigenvalue weighted by Crippen LogP contribution is 2.27. The number of hydrogen-bond donors (Lipinski definition) is 0. The van der Waals surface area contributed by atoms with Crippen LogP contribution in [0.25, 0.3) is 0 Å². The third-order valence-electron chi connectivity index (χ3n) is 4.20. The van der Waals surface area contributed by atoms with E-state index in [1.807, 2.05) is 6.07 Å². The van der Waals surface area contributed by atoms with E-state index in [1.165, 1.54) is 5.56 Å². The van der Waals surface area contributed by atoms with Gasteiger partial charge in [0.2, 0.25) is 0 Å². The van der Waals surface area contributed by atoms with Gasteiger partial charge in [0.15, 0.2) is 5.72 Å². The van der Waals surface area contributed by atoms with Crippen molar-refractivity contribution >= 4 is 0 Å². The van der Waals surface area contributed by atoms with Crippen molar-refractivity contribution in [3.63, 3.8) is 0 Å². The van der Waals surface area contributed by atoms with Gasteiger partial charge in [-0.25, -0.2) is 0 Å². The van der Waals surface area contributed by atoms with Crippen LogP contribution in [0.1, 0.15) is 5.56 Å². The van der Waals surface area contributed by atoms with E-state index in [0.29, 0.717) is 6.61 Å². The monoisotopic (exact) mass is 283 g/mol. The first-order chi connectivity index (χ1) is 10.3. The summed E-state index contributed by atoms with van der Waals surface area (Å²) >= 11 is 0. The first-order valence-corrected chi connectivity index (χ1v) is 7.60. The zero-order chi connectivity index (χ0) is 14.5. The molecule has 0 spiro atoms. The van der Waals surface area contributed by atoms with Gasteiger partial charge in [-0.05, 0) is 24.8 Å². The number of benzene rings is 1. The minimum Gasteiger partial charge on any atom is -0.348 e. The van der Waals surface area contributed by atoms with Crippen LogP contribution in [0.3, 0.4) is 0 Å². The summed E-state index contributed by atoms with van der Waals surface area (Å²) in [5, 5.41) is 0. The molecule has 0 N–H and O–H groups in total. The van der Waals surface area contributed by atoms with Gasteiger partial charge in [0, 0.05) is 32.6 Å². The summed E-state index contributed by atoms with van der Waals surface area (Å²) in [6, 6.07) is 10.4. The Labute approximate surface area is 127 Å². The van der Waals surface area contributed by atoms with Crippen LogP contribution in [-0.4, -0.2) is 48.8 Å². The van der Waals surface area contributed by atoms with Crippen LogP contribution in [0, 0.1) is 6.42 Å². The molecule has 111 valence electrons. The van der Waals surface area contributed by atoms with Gasteiger partial charge >= 0.3 is 0 Å². The van der Waals surface area contributed by atoms with Crippen molar-refractivity contribution in [2.45, 2.75) is 12.3 Å². The molecule has 2 aliphatic rings. The Morgan fingerprint density at radius 1 is 1.00 bits per heavy atom. The SMILES string of the molecule is CN1CCN(C2(OCc3ccccc3)C=C[CH]C=C2)CC1. The smallest absolute Gasteiger partial charge is 0.160 e. The van der Waals surface area contributed by atoms with Gasteiger partial charge in [-0.1, -0.05) is 42.5 Å². The van der Waals surface area contributed by atoms with E-state index >= 15 is 0 Å². The van der Waals surface area contributed by atoms with Crippen LogP contribution in [0.5, 0.6) is 0 Å². The Kier molecular flexibility index (Phi) is 4.54. The highest BCUT2D eigenvalue weighted by molar-refractivity contribution is 5.27. The lowest BCUT2D eigenvalue weighted by molar-refractivity contribution is -0.109. The molecule has 3 nitrogen and oxygen atoms in total. The second-order valence-corrected chi connectivity index (χ2v) is 5.73. The molecule has 1 radical (unpaired) electrons. The molecule has 21 heavy (non-hydrogen) atoms. The third-order valence-corrected chi connectivity index (χ3v) is 4.20. The maximum atomic E-state index is 6.35. The predicted octanol–water partition coefficient (Wildman–Crippen LogP) is 2.48. The summed E-state index contributed by atoms with van der Waals surface area (Å²) in [6.45, 7) is 4.85. The molecule has 1 saturated heterocycles. The van der Waals surface area contributed by atoms with Gasteiger partial charge in [0.1, 0.15) is 0 Å². The molecule has 1 heterocycles. The molecule has 0 aromatic heterocycles. The number of piperazine rings is 1. The van der Waals surface area contributed by atoms with Crippen LogP contribution < -0.4 is 0 Å². The lowest BCUT2D eigenvalue weighted by Crippen LogP contribution is -2.56. The van der Waals surface area contributed by atoms with Crippen LogP contribution in [0.4, 0.5) is 0 Å². The minimum atomic E-state index is -0.397. The van der Waals surface area contributed by atoms with Crippen LogP contribution >= 0.6 is 0 Å².